The Morgan fingerprint density at radius 2 is 2.33 bits per heavy atom. The molecule has 1 nitrogen and oxygen atoms in total. The van der Waals surface area contributed by atoms with Gasteiger partial charge in [-0.1, -0.05) is 26.0 Å². The molecule has 0 heterocycles. The minimum absolute atomic E-state index is 0.628. The molecule has 0 aromatic heterocycles. The zero-order chi connectivity index (χ0) is 9.14. The first kappa shape index (κ1) is 9.24. The topological polar surface area (TPSA) is 17.1 Å². The van der Waals surface area contributed by atoms with Crippen molar-refractivity contribution in [2.24, 2.45) is 5.92 Å². The second kappa shape index (κ2) is 3.70. The number of hydrogen-bond donors (Lipinski definition) is 0. The van der Waals surface area contributed by atoms with E-state index in [2.05, 4.69) is 20.4 Å². The molecule has 0 spiro atoms. The number of carbonyl (C=O) groups excluding carboxylic acids is 1. The van der Waals surface area contributed by atoms with Gasteiger partial charge in [-0.15, -0.1) is 0 Å². The highest BCUT2D eigenvalue weighted by atomic mass is 16.1. The Morgan fingerprint density at radius 1 is 1.67 bits per heavy atom. The molecule has 0 amide bonds. The fourth-order valence-corrected chi connectivity index (χ4v) is 1.75. The first-order chi connectivity index (χ1) is 5.69. The summed E-state index contributed by atoms with van der Waals surface area (Å²) in [5.41, 5.74) is 3.34. The lowest BCUT2D eigenvalue weighted by atomic mass is 10.0. The molecule has 0 unspecified atom stereocenters. The van der Waals surface area contributed by atoms with E-state index in [9.17, 15) is 4.79 Å². The van der Waals surface area contributed by atoms with Crippen LogP contribution in [0.1, 0.15) is 33.1 Å². The Kier molecular flexibility index (Phi) is 2.85. The maximum atomic E-state index is 10.7. The van der Waals surface area contributed by atoms with Crippen LogP contribution in [0.25, 0.3) is 0 Å². The Balaban J connectivity index is 2.84. The van der Waals surface area contributed by atoms with Gasteiger partial charge < -0.3 is 0 Å². The van der Waals surface area contributed by atoms with Gasteiger partial charge in [-0.2, -0.15) is 0 Å². The molecule has 0 saturated heterocycles. The molecule has 1 heteroatoms. The van der Waals surface area contributed by atoms with Crippen LogP contribution >= 0.6 is 0 Å². The van der Waals surface area contributed by atoms with Crippen LogP contribution in [0.4, 0.5) is 0 Å². The fraction of sp³-hybridized carbons (Fsp3) is 0.545. The number of hydrogen-bond acceptors (Lipinski definition) is 1. The first-order valence-corrected chi connectivity index (χ1v) is 4.54. The van der Waals surface area contributed by atoms with Crippen LogP contribution in [0.3, 0.4) is 0 Å². The van der Waals surface area contributed by atoms with Gasteiger partial charge >= 0.3 is 0 Å². The summed E-state index contributed by atoms with van der Waals surface area (Å²) in [4.78, 5) is 10.7. The predicted octanol–water partition coefficient (Wildman–Crippen LogP) is 2.88. The first-order valence-electron chi connectivity index (χ1n) is 4.54. The minimum Gasteiger partial charge on any atom is -0.298 e. The number of carbonyl (C=O) groups is 1. The van der Waals surface area contributed by atoms with E-state index in [0.717, 1.165) is 36.7 Å². The third-order valence-electron chi connectivity index (χ3n) is 2.50. The lowest BCUT2D eigenvalue weighted by Gasteiger charge is -2.04. The molecule has 1 rings (SSSR count). The van der Waals surface area contributed by atoms with Crippen LogP contribution in [-0.4, -0.2) is 6.29 Å². The smallest absolute Gasteiger partial charge is 0.146 e. The fourth-order valence-electron chi connectivity index (χ4n) is 1.75. The molecule has 1 aliphatic rings. The Bertz CT molecular complexity index is 235. The predicted molar refractivity (Wildman–Crippen MR) is 50.9 cm³/mol. The monoisotopic (exact) mass is 164 g/mol. The van der Waals surface area contributed by atoms with Gasteiger partial charge in [0.25, 0.3) is 0 Å². The maximum Gasteiger partial charge on any atom is 0.146 e. The molecule has 0 N–H and O–H groups in total. The zero-order valence-electron chi connectivity index (χ0n) is 7.89. The molecule has 0 bridgehead atoms. The van der Waals surface area contributed by atoms with Crippen molar-refractivity contribution in [3.63, 3.8) is 0 Å². The molecule has 0 radical (unpaired) electrons. The quantitative estimate of drug-likeness (QED) is 0.586. The van der Waals surface area contributed by atoms with Gasteiger partial charge in [0.15, 0.2) is 0 Å². The van der Waals surface area contributed by atoms with E-state index < -0.39 is 0 Å². The van der Waals surface area contributed by atoms with Gasteiger partial charge in [0.2, 0.25) is 0 Å². The second-order valence-corrected chi connectivity index (χ2v) is 3.59. The summed E-state index contributed by atoms with van der Waals surface area (Å²) >= 11 is 0. The van der Waals surface area contributed by atoms with E-state index in [0.29, 0.717) is 5.92 Å². The third kappa shape index (κ3) is 1.66. The molecule has 1 atom stereocenters. The minimum atomic E-state index is 0.628. The maximum absolute atomic E-state index is 10.7. The van der Waals surface area contributed by atoms with Gasteiger partial charge in [-0.05, 0) is 36.3 Å². The van der Waals surface area contributed by atoms with Gasteiger partial charge in [0, 0.05) is 0 Å². The summed E-state index contributed by atoms with van der Waals surface area (Å²) in [6.07, 6.45) is 3.94. The van der Waals surface area contributed by atoms with Crippen molar-refractivity contribution in [2.75, 3.05) is 0 Å². The summed E-state index contributed by atoms with van der Waals surface area (Å²) in [7, 11) is 0. The Morgan fingerprint density at radius 3 is 2.83 bits per heavy atom. The van der Waals surface area contributed by atoms with Crippen molar-refractivity contribution in [2.45, 2.75) is 33.1 Å². The van der Waals surface area contributed by atoms with E-state index in [1.807, 2.05) is 0 Å². The molecular weight excluding hydrogens is 148 g/mol. The molecule has 12 heavy (non-hydrogen) atoms. The number of rotatable bonds is 3. The molecule has 0 aromatic carbocycles. The lowest BCUT2D eigenvalue weighted by molar-refractivity contribution is -0.105. The van der Waals surface area contributed by atoms with Gasteiger partial charge in [-0.25, -0.2) is 0 Å². The Hall–Kier alpha value is -0.850. The highest BCUT2D eigenvalue weighted by Crippen LogP contribution is 2.34. The summed E-state index contributed by atoms with van der Waals surface area (Å²) in [5, 5.41) is 0. The van der Waals surface area contributed by atoms with Crippen LogP contribution < -0.4 is 0 Å². The summed E-state index contributed by atoms with van der Waals surface area (Å²) in [6.45, 7) is 8.24. The van der Waals surface area contributed by atoms with E-state index >= 15 is 0 Å². The van der Waals surface area contributed by atoms with Crippen molar-refractivity contribution in [3.8, 4) is 0 Å². The van der Waals surface area contributed by atoms with E-state index in [1.54, 1.807) is 0 Å². The van der Waals surface area contributed by atoms with Crippen LogP contribution in [-0.2, 0) is 4.79 Å². The molecule has 0 aromatic rings. The van der Waals surface area contributed by atoms with Crippen LogP contribution in [0.2, 0.25) is 0 Å². The summed E-state index contributed by atoms with van der Waals surface area (Å²) < 4.78 is 0. The highest BCUT2D eigenvalue weighted by molar-refractivity contribution is 5.77. The number of allylic oxidation sites excluding steroid dienone is 3. The van der Waals surface area contributed by atoms with E-state index in [4.69, 9.17) is 0 Å². The molecule has 0 fully saturated rings. The lowest BCUT2D eigenvalue weighted by Crippen LogP contribution is -1.88. The van der Waals surface area contributed by atoms with Crippen molar-refractivity contribution < 1.29 is 4.79 Å². The van der Waals surface area contributed by atoms with Crippen LogP contribution in [0.5, 0.6) is 0 Å². The van der Waals surface area contributed by atoms with E-state index in [1.165, 1.54) is 5.57 Å². The third-order valence-corrected chi connectivity index (χ3v) is 2.50. The van der Waals surface area contributed by atoms with Gasteiger partial charge in [-0.3, -0.25) is 4.79 Å². The standard InChI is InChI=1S/C11H16O/c1-4-9(3)11-6-8(2)5-10(11)7-12/h7-8H,3-6H2,1-2H3/t8-/m0/s1. The van der Waals surface area contributed by atoms with Gasteiger partial charge in [0.1, 0.15) is 6.29 Å². The van der Waals surface area contributed by atoms with Crippen molar-refractivity contribution in [3.05, 3.63) is 23.3 Å². The largest absolute Gasteiger partial charge is 0.298 e. The van der Waals surface area contributed by atoms with Crippen molar-refractivity contribution >= 4 is 6.29 Å². The normalized spacial score (nSPS) is 23.0. The van der Waals surface area contributed by atoms with E-state index in [-0.39, 0.29) is 0 Å². The Labute approximate surface area is 74.2 Å². The van der Waals surface area contributed by atoms with Crippen molar-refractivity contribution in [1.29, 1.82) is 0 Å². The van der Waals surface area contributed by atoms with Gasteiger partial charge in [0.05, 0.1) is 0 Å². The summed E-state index contributed by atoms with van der Waals surface area (Å²) in [5.74, 6) is 0.628. The van der Waals surface area contributed by atoms with Crippen molar-refractivity contribution in [1.82, 2.24) is 0 Å². The van der Waals surface area contributed by atoms with Crippen LogP contribution in [0, 0.1) is 5.92 Å². The summed E-state index contributed by atoms with van der Waals surface area (Å²) in [6, 6.07) is 0. The average molecular weight is 164 g/mol. The average Bonchev–Trinajstić information content (AvgIpc) is 2.45. The molecule has 1 aliphatic carbocycles. The molecule has 66 valence electrons. The van der Waals surface area contributed by atoms with Crippen LogP contribution in [0.15, 0.2) is 23.3 Å². The SMILES string of the molecule is C=C(CC)C1=C(C=O)C[C@H](C)C1. The second-order valence-electron chi connectivity index (χ2n) is 3.59. The molecule has 0 saturated carbocycles. The molecule has 0 aliphatic heterocycles. The highest BCUT2D eigenvalue weighted by Gasteiger charge is 2.21. The zero-order valence-corrected chi connectivity index (χ0v) is 7.89. The number of aldehydes is 1. The molecular formula is C11H16O.